The number of nitrogens with one attached hydrogen (secondary N) is 2. The third-order valence-electron chi connectivity index (χ3n) is 5.23. The molecule has 0 bridgehead atoms. The van der Waals surface area contributed by atoms with Crippen molar-refractivity contribution in [1.29, 1.82) is 0 Å². The van der Waals surface area contributed by atoms with E-state index in [-0.39, 0.29) is 17.7 Å². The average Bonchev–Trinajstić information content (AvgIpc) is 3.37. The van der Waals surface area contributed by atoms with Crippen molar-refractivity contribution >= 4 is 28.8 Å². The van der Waals surface area contributed by atoms with Crippen molar-refractivity contribution in [1.82, 2.24) is 10.3 Å². The Morgan fingerprint density at radius 3 is 2.71 bits per heavy atom. The molecule has 0 fully saturated rings. The molecule has 2 aromatic heterocycles. The average molecular weight is 394 g/mol. The van der Waals surface area contributed by atoms with Crippen LogP contribution in [0.2, 0.25) is 0 Å². The summed E-state index contributed by atoms with van der Waals surface area (Å²) in [5, 5.41) is 16.6. The Hall–Kier alpha value is -3.13. The Balaban J connectivity index is 1.59. The van der Waals surface area contributed by atoms with E-state index in [1.165, 1.54) is 4.88 Å². The summed E-state index contributed by atoms with van der Waals surface area (Å²) in [5.74, 6) is 2.05. The fraction of sp³-hybridized carbons (Fsp3) is 0.250. The first-order valence-electron chi connectivity index (χ1n) is 9.02. The number of ketones is 1. The standard InChI is InChI=1S/C20H18N4O3S/c1-26-13-6-4-11(5-7-13)18-17-14(21-19-20(22-18)24-27-23-19)9-12(10-15(17)25)16-3-2-8-28-16/h2-8,12,18H,9-10H2,1H3,(H,21,23)(H,22,24)/t12-,18+/m1/s1. The Bertz CT molecular complexity index is 1040. The lowest BCUT2D eigenvalue weighted by Crippen LogP contribution is -2.26. The van der Waals surface area contributed by atoms with Gasteiger partial charge in [0.25, 0.3) is 0 Å². The molecule has 142 valence electrons. The van der Waals surface area contributed by atoms with Gasteiger partial charge in [0.05, 0.1) is 13.2 Å². The maximum absolute atomic E-state index is 13.2. The van der Waals surface area contributed by atoms with Crippen molar-refractivity contribution in [2.75, 3.05) is 17.7 Å². The second-order valence-electron chi connectivity index (χ2n) is 6.87. The van der Waals surface area contributed by atoms with E-state index in [9.17, 15) is 4.79 Å². The molecule has 1 aliphatic carbocycles. The van der Waals surface area contributed by atoms with Gasteiger partial charge in [0, 0.05) is 28.5 Å². The minimum Gasteiger partial charge on any atom is -0.497 e. The predicted octanol–water partition coefficient (Wildman–Crippen LogP) is 4.12. The number of carbonyl (C=O) groups excluding carboxylic acids is 1. The number of hydrogen-bond donors (Lipinski definition) is 2. The van der Waals surface area contributed by atoms with Gasteiger partial charge in [-0.2, -0.15) is 0 Å². The molecule has 0 saturated carbocycles. The molecular weight excluding hydrogens is 376 g/mol. The summed E-state index contributed by atoms with van der Waals surface area (Å²) in [6.07, 6.45) is 1.23. The van der Waals surface area contributed by atoms with Gasteiger partial charge in [0.2, 0.25) is 11.6 Å². The zero-order valence-electron chi connectivity index (χ0n) is 15.1. The third-order valence-corrected chi connectivity index (χ3v) is 6.26. The molecule has 2 aliphatic rings. The lowest BCUT2D eigenvalue weighted by molar-refractivity contribution is -0.116. The van der Waals surface area contributed by atoms with Crippen molar-refractivity contribution in [3.63, 3.8) is 0 Å². The number of nitrogens with zero attached hydrogens (tertiary/aromatic N) is 2. The van der Waals surface area contributed by atoms with Gasteiger partial charge in [-0.05, 0) is 45.9 Å². The van der Waals surface area contributed by atoms with Gasteiger partial charge in [-0.1, -0.05) is 18.2 Å². The van der Waals surface area contributed by atoms with Crippen molar-refractivity contribution in [2.45, 2.75) is 24.8 Å². The maximum atomic E-state index is 13.2. The molecule has 1 aromatic carbocycles. The predicted molar refractivity (Wildman–Crippen MR) is 106 cm³/mol. The summed E-state index contributed by atoms with van der Waals surface area (Å²) in [4.78, 5) is 14.5. The monoisotopic (exact) mass is 394 g/mol. The molecule has 0 saturated heterocycles. The van der Waals surface area contributed by atoms with Crippen LogP contribution >= 0.6 is 11.3 Å². The van der Waals surface area contributed by atoms with Crippen LogP contribution in [0, 0.1) is 0 Å². The number of allylic oxidation sites excluding steroid dienone is 1. The normalized spacial score (nSPS) is 21.2. The number of thiophene rings is 1. The van der Waals surface area contributed by atoms with E-state index >= 15 is 0 Å². The fourth-order valence-electron chi connectivity index (χ4n) is 3.87. The smallest absolute Gasteiger partial charge is 0.219 e. The number of hydrogen-bond acceptors (Lipinski definition) is 8. The summed E-state index contributed by atoms with van der Waals surface area (Å²) in [5.41, 5.74) is 2.56. The molecular formula is C20H18N4O3S. The SMILES string of the molecule is COc1ccc([C@@H]2Nc3nonc3NC3=C2C(=O)C[C@H](c2cccs2)C3)cc1. The third kappa shape index (κ3) is 2.86. The van der Waals surface area contributed by atoms with Gasteiger partial charge in [-0.25, -0.2) is 4.63 Å². The molecule has 3 aromatic rings. The van der Waals surface area contributed by atoms with Crippen molar-refractivity contribution in [3.05, 3.63) is 63.5 Å². The highest BCUT2D eigenvalue weighted by atomic mass is 32.1. The van der Waals surface area contributed by atoms with Crippen LogP contribution in [0.1, 0.15) is 35.2 Å². The molecule has 0 amide bonds. The summed E-state index contributed by atoms with van der Waals surface area (Å²) >= 11 is 1.69. The van der Waals surface area contributed by atoms with Gasteiger partial charge in [0.15, 0.2) is 5.78 Å². The van der Waals surface area contributed by atoms with E-state index in [0.717, 1.165) is 29.0 Å². The number of methoxy groups -OCH3 is 1. The van der Waals surface area contributed by atoms with Crippen LogP contribution in [-0.4, -0.2) is 23.2 Å². The molecule has 8 heteroatoms. The fourth-order valence-corrected chi connectivity index (χ4v) is 4.70. The number of rotatable bonds is 3. The van der Waals surface area contributed by atoms with E-state index in [0.29, 0.717) is 18.1 Å². The Morgan fingerprint density at radius 1 is 1.14 bits per heavy atom. The molecule has 1 aliphatic heterocycles. The molecule has 2 N–H and O–H groups in total. The molecule has 28 heavy (non-hydrogen) atoms. The highest BCUT2D eigenvalue weighted by Crippen LogP contribution is 2.44. The summed E-state index contributed by atoms with van der Waals surface area (Å²) in [6, 6.07) is 11.5. The van der Waals surface area contributed by atoms with Gasteiger partial charge >= 0.3 is 0 Å². The summed E-state index contributed by atoms with van der Waals surface area (Å²) in [6.45, 7) is 0. The number of Topliss-reactive ketones (excluding diaryl/α,β-unsaturated/α-hetero) is 1. The first-order valence-corrected chi connectivity index (χ1v) is 9.90. The molecule has 7 nitrogen and oxygen atoms in total. The highest BCUT2D eigenvalue weighted by molar-refractivity contribution is 7.10. The first kappa shape index (κ1) is 17.0. The second-order valence-corrected chi connectivity index (χ2v) is 7.85. The van der Waals surface area contributed by atoms with Crippen molar-refractivity contribution < 1.29 is 14.2 Å². The lowest BCUT2D eigenvalue weighted by atomic mass is 9.81. The Morgan fingerprint density at radius 2 is 1.96 bits per heavy atom. The number of anilines is 2. The van der Waals surface area contributed by atoms with E-state index in [4.69, 9.17) is 9.37 Å². The molecule has 0 unspecified atom stereocenters. The van der Waals surface area contributed by atoms with Crippen LogP contribution < -0.4 is 15.4 Å². The van der Waals surface area contributed by atoms with E-state index < -0.39 is 0 Å². The molecule has 5 rings (SSSR count). The number of aromatic nitrogens is 2. The van der Waals surface area contributed by atoms with E-state index in [1.807, 2.05) is 35.7 Å². The zero-order chi connectivity index (χ0) is 19.1. The van der Waals surface area contributed by atoms with Crippen LogP contribution in [0.5, 0.6) is 5.75 Å². The number of benzene rings is 1. The molecule has 3 heterocycles. The van der Waals surface area contributed by atoms with Crippen LogP contribution in [0.4, 0.5) is 11.6 Å². The Labute approximate surface area is 165 Å². The minimum absolute atomic E-state index is 0.127. The number of ether oxygens (including phenoxy) is 1. The molecule has 0 radical (unpaired) electrons. The summed E-state index contributed by atoms with van der Waals surface area (Å²) in [7, 11) is 1.63. The van der Waals surface area contributed by atoms with Gasteiger partial charge in [-0.15, -0.1) is 11.3 Å². The minimum atomic E-state index is -0.335. The van der Waals surface area contributed by atoms with E-state index in [1.54, 1.807) is 18.4 Å². The Kier molecular flexibility index (Phi) is 4.12. The van der Waals surface area contributed by atoms with Crippen LogP contribution in [0.15, 0.2) is 57.7 Å². The van der Waals surface area contributed by atoms with Gasteiger partial charge in [0.1, 0.15) is 5.75 Å². The van der Waals surface area contributed by atoms with E-state index in [2.05, 4.69) is 27.0 Å². The van der Waals surface area contributed by atoms with Crippen LogP contribution in [-0.2, 0) is 4.79 Å². The first-order chi connectivity index (χ1) is 13.7. The topological polar surface area (TPSA) is 89.3 Å². The van der Waals surface area contributed by atoms with Crippen LogP contribution in [0.25, 0.3) is 0 Å². The molecule has 2 atom stereocenters. The quantitative estimate of drug-likeness (QED) is 0.691. The molecule has 0 spiro atoms. The zero-order valence-corrected chi connectivity index (χ0v) is 16.0. The van der Waals surface area contributed by atoms with Crippen molar-refractivity contribution in [3.8, 4) is 5.75 Å². The van der Waals surface area contributed by atoms with Crippen LogP contribution in [0.3, 0.4) is 0 Å². The summed E-state index contributed by atoms with van der Waals surface area (Å²) < 4.78 is 10.2. The maximum Gasteiger partial charge on any atom is 0.219 e. The highest BCUT2D eigenvalue weighted by Gasteiger charge is 2.37. The lowest BCUT2D eigenvalue weighted by Gasteiger charge is -2.29. The number of fused-ring (bicyclic) bond motifs is 1. The number of carbonyl (C=O) groups is 1. The largest absolute Gasteiger partial charge is 0.497 e. The second kappa shape index (κ2) is 6.79. The van der Waals surface area contributed by atoms with Crippen molar-refractivity contribution in [2.24, 2.45) is 0 Å². The van der Waals surface area contributed by atoms with Gasteiger partial charge in [-0.3, -0.25) is 4.79 Å². The van der Waals surface area contributed by atoms with Gasteiger partial charge < -0.3 is 15.4 Å².